The van der Waals surface area contributed by atoms with Gasteiger partial charge in [-0.3, -0.25) is 0 Å². The fourth-order valence-electron chi connectivity index (χ4n) is 1.24. The molecule has 0 saturated heterocycles. The van der Waals surface area contributed by atoms with Crippen molar-refractivity contribution in [2.45, 2.75) is 13.3 Å². The number of hydrogen-bond donors (Lipinski definition) is 3. The van der Waals surface area contributed by atoms with E-state index in [1.54, 1.807) is 24.3 Å². The third-order valence-corrected chi connectivity index (χ3v) is 2.97. The molecule has 114 valence electrons. The molecule has 7 nitrogen and oxygen atoms in total. The predicted molar refractivity (Wildman–Crippen MR) is 76.0 cm³/mol. The molecule has 0 unspecified atom stereocenters. The highest BCUT2D eigenvalue weighted by molar-refractivity contribution is 5.67. The molecule has 7 heteroatoms. The largest absolute Gasteiger partial charge is 0.396 e. The van der Waals surface area contributed by atoms with Crippen LogP contribution in [0.5, 0.6) is 0 Å². The second-order valence-corrected chi connectivity index (χ2v) is 4.22. The summed E-state index contributed by atoms with van der Waals surface area (Å²) >= 11 is 0. The maximum absolute atomic E-state index is 9.90. The molecule has 1 rings (SSSR count). The third kappa shape index (κ3) is 6.23. The van der Waals surface area contributed by atoms with E-state index in [9.17, 15) is 9.59 Å². The Bertz CT molecular complexity index is 461. The molecule has 0 heterocycles. The Morgan fingerprint density at radius 1 is 0.952 bits per heavy atom. The molecule has 0 aliphatic heterocycles. The van der Waals surface area contributed by atoms with Gasteiger partial charge in [0.1, 0.15) is 11.4 Å². The second-order valence-electron chi connectivity index (χ2n) is 4.22. The minimum atomic E-state index is -0.667. The third-order valence-electron chi connectivity index (χ3n) is 2.97. The van der Waals surface area contributed by atoms with Crippen LogP contribution in [0.4, 0.5) is 11.4 Å². The molecule has 0 radical (unpaired) electrons. The molecule has 1 aromatic rings. The van der Waals surface area contributed by atoms with Crippen molar-refractivity contribution in [1.82, 2.24) is 0 Å². The maximum Gasteiger partial charge on any atom is 0.240 e. The molecule has 0 amide bonds. The van der Waals surface area contributed by atoms with E-state index in [-0.39, 0.29) is 19.8 Å². The summed E-state index contributed by atoms with van der Waals surface area (Å²) in [6.07, 6.45) is 3.33. The van der Waals surface area contributed by atoms with Gasteiger partial charge >= 0.3 is 0 Å². The summed E-state index contributed by atoms with van der Waals surface area (Å²) in [6.45, 7) is 1.35. The van der Waals surface area contributed by atoms with E-state index < -0.39 is 5.41 Å². The maximum atomic E-state index is 9.90. The first kappa shape index (κ1) is 18.9. The van der Waals surface area contributed by atoms with Gasteiger partial charge in [0.25, 0.3) is 0 Å². The number of aliphatic imine (C=N–C) groups is 2. The lowest BCUT2D eigenvalue weighted by molar-refractivity contribution is 0.00304. The van der Waals surface area contributed by atoms with E-state index in [2.05, 4.69) is 9.98 Å². The Labute approximate surface area is 122 Å². The summed E-state index contributed by atoms with van der Waals surface area (Å²) in [6, 6.07) is 6.47. The van der Waals surface area contributed by atoms with Crippen molar-refractivity contribution in [2.75, 3.05) is 19.8 Å². The highest BCUT2D eigenvalue weighted by Gasteiger charge is 2.24. The van der Waals surface area contributed by atoms with E-state index in [4.69, 9.17) is 15.3 Å². The Balaban J connectivity index is 0.000000400. The SMILES string of the molecule is CCC(CO)(CO)CO.O=C=Nc1ccccc1N=C=O. The molecule has 0 atom stereocenters. The van der Waals surface area contributed by atoms with Crippen molar-refractivity contribution in [3.63, 3.8) is 0 Å². The van der Waals surface area contributed by atoms with E-state index in [0.29, 0.717) is 17.8 Å². The number of aliphatic hydroxyl groups excluding tert-OH is 3. The summed E-state index contributed by atoms with van der Waals surface area (Å²) < 4.78 is 0. The van der Waals surface area contributed by atoms with Crippen LogP contribution in [0.3, 0.4) is 0 Å². The summed E-state index contributed by atoms with van der Waals surface area (Å²) in [5.74, 6) is 0. The number of hydrogen-bond acceptors (Lipinski definition) is 7. The van der Waals surface area contributed by atoms with Crippen LogP contribution in [0.1, 0.15) is 13.3 Å². The van der Waals surface area contributed by atoms with Crippen LogP contribution in [-0.2, 0) is 9.59 Å². The molecular weight excluding hydrogens is 276 g/mol. The quantitative estimate of drug-likeness (QED) is 0.533. The Morgan fingerprint density at radius 2 is 1.33 bits per heavy atom. The van der Waals surface area contributed by atoms with Crippen LogP contribution in [0, 0.1) is 5.41 Å². The van der Waals surface area contributed by atoms with Crippen molar-refractivity contribution in [1.29, 1.82) is 0 Å². The zero-order valence-corrected chi connectivity index (χ0v) is 11.7. The predicted octanol–water partition coefficient (Wildman–Crippen LogP) is 0.981. The van der Waals surface area contributed by atoms with Gasteiger partial charge in [-0.25, -0.2) is 9.59 Å². The monoisotopic (exact) mass is 294 g/mol. The lowest BCUT2D eigenvalue weighted by Crippen LogP contribution is -2.32. The molecule has 0 spiro atoms. The number of nitrogens with zero attached hydrogens (tertiary/aromatic N) is 2. The number of benzene rings is 1. The summed E-state index contributed by atoms with van der Waals surface area (Å²) in [5.41, 5.74) is -0.0355. The van der Waals surface area contributed by atoms with Crippen LogP contribution in [-0.4, -0.2) is 47.3 Å². The van der Waals surface area contributed by atoms with Gasteiger partial charge in [0.05, 0.1) is 19.8 Å². The molecule has 21 heavy (non-hydrogen) atoms. The Morgan fingerprint density at radius 3 is 1.52 bits per heavy atom. The van der Waals surface area contributed by atoms with E-state index in [1.807, 2.05) is 6.92 Å². The zero-order valence-electron chi connectivity index (χ0n) is 11.7. The summed E-state index contributed by atoms with van der Waals surface area (Å²) in [5, 5.41) is 26.0. The first-order chi connectivity index (χ1) is 10.1. The first-order valence-corrected chi connectivity index (χ1v) is 6.20. The Hall–Kier alpha value is -2.14. The van der Waals surface area contributed by atoms with Crippen molar-refractivity contribution < 1.29 is 24.9 Å². The minimum absolute atomic E-state index is 0.156. The highest BCUT2D eigenvalue weighted by atomic mass is 16.3. The van der Waals surface area contributed by atoms with Crippen LogP contribution in [0.15, 0.2) is 34.3 Å². The van der Waals surface area contributed by atoms with Crippen LogP contribution < -0.4 is 0 Å². The van der Waals surface area contributed by atoms with Crippen molar-refractivity contribution >= 4 is 23.5 Å². The molecule has 0 bridgehead atoms. The average Bonchev–Trinajstić information content (AvgIpc) is 2.53. The number of para-hydroxylation sites is 2. The molecule has 0 saturated carbocycles. The van der Waals surface area contributed by atoms with Crippen molar-refractivity contribution in [3.8, 4) is 0 Å². The molecular formula is C14H18N2O5. The number of rotatable bonds is 6. The van der Waals surface area contributed by atoms with Gasteiger partial charge in [-0.15, -0.1) is 0 Å². The van der Waals surface area contributed by atoms with E-state index in [0.717, 1.165) is 0 Å². The lowest BCUT2D eigenvalue weighted by Gasteiger charge is -2.24. The first-order valence-electron chi connectivity index (χ1n) is 6.20. The molecule has 0 aromatic heterocycles. The van der Waals surface area contributed by atoms with Gasteiger partial charge in [-0.2, -0.15) is 9.98 Å². The fourth-order valence-corrected chi connectivity index (χ4v) is 1.24. The van der Waals surface area contributed by atoms with Crippen molar-refractivity contribution in [3.05, 3.63) is 24.3 Å². The zero-order chi connectivity index (χ0) is 16.1. The lowest BCUT2D eigenvalue weighted by atomic mass is 9.88. The van der Waals surface area contributed by atoms with Crippen molar-refractivity contribution in [2.24, 2.45) is 15.4 Å². The molecule has 0 aliphatic rings. The molecule has 3 N–H and O–H groups in total. The summed E-state index contributed by atoms with van der Waals surface area (Å²) in [7, 11) is 0. The van der Waals surface area contributed by atoms with Crippen LogP contribution >= 0.6 is 0 Å². The fraction of sp³-hybridized carbons (Fsp3) is 0.429. The van der Waals surface area contributed by atoms with Gasteiger partial charge in [-0.1, -0.05) is 19.1 Å². The summed E-state index contributed by atoms with van der Waals surface area (Å²) in [4.78, 5) is 26.5. The van der Waals surface area contributed by atoms with Gasteiger partial charge in [0.15, 0.2) is 0 Å². The standard InChI is InChI=1S/C8H4N2O2.C6H14O3/c11-5-9-7-3-1-2-4-8(7)10-6-12;1-2-6(3-7,4-8)5-9/h1-4H;7-9H,2-5H2,1H3. The minimum Gasteiger partial charge on any atom is -0.396 e. The number of isocyanates is 2. The van der Waals surface area contributed by atoms with Gasteiger partial charge in [0.2, 0.25) is 12.2 Å². The highest BCUT2D eigenvalue weighted by Crippen LogP contribution is 2.25. The average molecular weight is 294 g/mol. The second kappa shape index (κ2) is 10.6. The van der Waals surface area contributed by atoms with E-state index in [1.165, 1.54) is 12.2 Å². The van der Waals surface area contributed by atoms with Crippen LogP contribution in [0.25, 0.3) is 0 Å². The van der Waals surface area contributed by atoms with Gasteiger partial charge < -0.3 is 15.3 Å². The normalized spacial score (nSPS) is 9.71. The number of carbonyl (C=O) groups excluding carboxylic acids is 2. The molecule has 0 fully saturated rings. The van der Waals surface area contributed by atoms with E-state index >= 15 is 0 Å². The molecule has 0 aliphatic carbocycles. The topological polar surface area (TPSA) is 120 Å². The smallest absolute Gasteiger partial charge is 0.240 e. The number of aliphatic hydroxyl groups is 3. The van der Waals surface area contributed by atoms with Crippen LogP contribution in [0.2, 0.25) is 0 Å². The Kier molecular flexibility index (Phi) is 9.54. The molecule has 1 aromatic carbocycles. The van der Waals surface area contributed by atoms with Gasteiger partial charge in [-0.05, 0) is 18.6 Å². The van der Waals surface area contributed by atoms with Gasteiger partial charge in [0, 0.05) is 5.41 Å².